The molecule has 0 radical (unpaired) electrons. The lowest BCUT2D eigenvalue weighted by Gasteiger charge is -2.10. The SMILES string of the molecule is Cc1ccc(Cc2c(C)nc3nc(SCC(=O)NCC4CCCO4)nn3c2C)cc1. The van der Waals surface area contributed by atoms with Crippen LogP contribution in [0.2, 0.25) is 0 Å². The molecule has 1 amide bonds. The van der Waals surface area contributed by atoms with E-state index in [2.05, 4.69) is 51.6 Å². The zero-order valence-electron chi connectivity index (χ0n) is 17.6. The van der Waals surface area contributed by atoms with Gasteiger partial charge in [-0.25, -0.2) is 9.50 Å². The fourth-order valence-corrected chi connectivity index (χ4v) is 4.28. The molecule has 0 spiro atoms. The second-order valence-corrected chi connectivity index (χ2v) is 8.70. The van der Waals surface area contributed by atoms with Gasteiger partial charge in [-0.15, -0.1) is 5.10 Å². The Hall–Kier alpha value is -2.45. The molecular formula is C22H27N5O2S. The maximum atomic E-state index is 12.1. The van der Waals surface area contributed by atoms with Crippen molar-refractivity contribution in [1.82, 2.24) is 24.9 Å². The molecule has 1 aromatic carbocycles. The summed E-state index contributed by atoms with van der Waals surface area (Å²) in [5, 5.41) is 8.07. The van der Waals surface area contributed by atoms with E-state index in [1.165, 1.54) is 22.9 Å². The molecule has 2 aromatic heterocycles. The zero-order chi connectivity index (χ0) is 21.1. The number of nitrogens with one attached hydrogen (secondary N) is 1. The van der Waals surface area contributed by atoms with E-state index in [9.17, 15) is 4.79 Å². The number of fused-ring (bicyclic) bond motifs is 1. The third kappa shape index (κ3) is 4.82. The average molecular weight is 426 g/mol. The predicted octanol–water partition coefficient (Wildman–Crippen LogP) is 3.03. The van der Waals surface area contributed by atoms with Crippen LogP contribution in [0.3, 0.4) is 0 Å². The van der Waals surface area contributed by atoms with Gasteiger partial charge in [-0.2, -0.15) is 4.98 Å². The highest BCUT2D eigenvalue weighted by Crippen LogP contribution is 2.21. The molecule has 1 unspecified atom stereocenters. The van der Waals surface area contributed by atoms with Crippen LogP contribution in [-0.2, 0) is 16.0 Å². The third-order valence-corrected chi connectivity index (χ3v) is 6.25. The number of hydrogen-bond donors (Lipinski definition) is 1. The second kappa shape index (κ2) is 9.14. The highest BCUT2D eigenvalue weighted by Gasteiger charge is 2.17. The van der Waals surface area contributed by atoms with Crippen molar-refractivity contribution >= 4 is 23.4 Å². The van der Waals surface area contributed by atoms with E-state index in [1.54, 1.807) is 4.52 Å². The topological polar surface area (TPSA) is 81.4 Å². The van der Waals surface area contributed by atoms with Gasteiger partial charge in [0.05, 0.1) is 11.9 Å². The lowest BCUT2D eigenvalue weighted by Crippen LogP contribution is -2.32. The minimum atomic E-state index is -0.0322. The molecule has 7 nitrogen and oxygen atoms in total. The number of thioether (sulfide) groups is 1. The fraction of sp³-hybridized carbons (Fsp3) is 0.455. The lowest BCUT2D eigenvalue weighted by atomic mass is 10.0. The van der Waals surface area contributed by atoms with Crippen LogP contribution < -0.4 is 5.32 Å². The van der Waals surface area contributed by atoms with E-state index < -0.39 is 0 Å². The van der Waals surface area contributed by atoms with Crippen LogP contribution in [-0.4, -0.2) is 50.5 Å². The number of benzene rings is 1. The molecule has 1 saturated heterocycles. The van der Waals surface area contributed by atoms with E-state index in [-0.39, 0.29) is 17.8 Å². The van der Waals surface area contributed by atoms with Gasteiger partial charge in [0, 0.05) is 31.0 Å². The summed E-state index contributed by atoms with van der Waals surface area (Å²) in [5.74, 6) is 0.813. The lowest BCUT2D eigenvalue weighted by molar-refractivity contribution is -0.119. The molecule has 0 saturated carbocycles. The number of carbonyl (C=O) groups excluding carboxylic acids is 1. The van der Waals surface area contributed by atoms with Crippen LogP contribution in [0.25, 0.3) is 5.78 Å². The summed E-state index contributed by atoms with van der Waals surface area (Å²) in [6, 6.07) is 8.55. The van der Waals surface area contributed by atoms with Crippen LogP contribution in [0.15, 0.2) is 29.4 Å². The molecule has 1 aliphatic heterocycles. The Bertz CT molecular complexity index is 1040. The molecule has 158 valence electrons. The number of aryl methyl sites for hydroxylation is 3. The Morgan fingerprint density at radius 2 is 2.03 bits per heavy atom. The van der Waals surface area contributed by atoms with Gasteiger partial charge in [-0.1, -0.05) is 41.6 Å². The number of nitrogens with zero attached hydrogens (tertiary/aromatic N) is 4. The normalized spacial score (nSPS) is 16.3. The third-order valence-electron chi connectivity index (χ3n) is 5.41. The second-order valence-electron chi connectivity index (χ2n) is 7.76. The molecule has 1 fully saturated rings. The van der Waals surface area contributed by atoms with Crippen molar-refractivity contribution < 1.29 is 9.53 Å². The summed E-state index contributed by atoms with van der Waals surface area (Å²) in [5.41, 5.74) is 5.63. The molecule has 3 heterocycles. The molecule has 1 atom stereocenters. The van der Waals surface area contributed by atoms with Crippen LogP contribution >= 0.6 is 11.8 Å². The largest absolute Gasteiger partial charge is 0.376 e. The van der Waals surface area contributed by atoms with Gasteiger partial charge in [-0.05, 0) is 44.7 Å². The zero-order valence-corrected chi connectivity index (χ0v) is 18.5. The number of ether oxygens (including phenoxy) is 1. The first kappa shape index (κ1) is 20.8. The first-order valence-corrected chi connectivity index (χ1v) is 11.3. The van der Waals surface area contributed by atoms with Crippen molar-refractivity contribution in [1.29, 1.82) is 0 Å². The molecule has 8 heteroatoms. The van der Waals surface area contributed by atoms with Gasteiger partial charge < -0.3 is 10.1 Å². The van der Waals surface area contributed by atoms with Crippen molar-refractivity contribution in [3.8, 4) is 0 Å². The van der Waals surface area contributed by atoms with Gasteiger partial charge in [-0.3, -0.25) is 4.79 Å². The van der Waals surface area contributed by atoms with Crippen LogP contribution in [0.4, 0.5) is 0 Å². The molecule has 1 aliphatic rings. The highest BCUT2D eigenvalue weighted by atomic mass is 32.2. The number of amides is 1. The maximum Gasteiger partial charge on any atom is 0.253 e. The van der Waals surface area contributed by atoms with Crippen molar-refractivity contribution in [2.45, 2.75) is 51.3 Å². The first-order chi connectivity index (χ1) is 14.5. The minimum absolute atomic E-state index is 0.0322. The Morgan fingerprint density at radius 3 is 2.77 bits per heavy atom. The number of aromatic nitrogens is 4. The number of rotatable bonds is 7. The molecule has 1 N–H and O–H groups in total. The molecule has 0 aliphatic carbocycles. The monoisotopic (exact) mass is 425 g/mol. The Morgan fingerprint density at radius 1 is 1.23 bits per heavy atom. The van der Waals surface area contributed by atoms with Gasteiger partial charge >= 0.3 is 0 Å². The van der Waals surface area contributed by atoms with Gasteiger partial charge in [0.15, 0.2) is 0 Å². The fourth-order valence-electron chi connectivity index (χ4n) is 3.63. The molecule has 3 aromatic rings. The Kier molecular flexibility index (Phi) is 6.34. The standard InChI is InChI=1S/C22H27N5O2S/c1-14-6-8-17(9-7-14)11-19-15(2)24-21-25-22(26-27(21)16(19)3)30-13-20(28)23-12-18-5-4-10-29-18/h6-9,18H,4-5,10-13H2,1-3H3,(H,23,28). The van der Waals surface area contributed by atoms with Crippen molar-refractivity contribution in [3.63, 3.8) is 0 Å². The summed E-state index contributed by atoms with van der Waals surface area (Å²) >= 11 is 1.33. The Balaban J connectivity index is 1.43. The van der Waals surface area contributed by atoms with E-state index >= 15 is 0 Å². The first-order valence-electron chi connectivity index (χ1n) is 10.3. The summed E-state index contributed by atoms with van der Waals surface area (Å²) in [6.45, 7) is 7.50. The van der Waals surface area contributed by atoms with Gasteiger partial charge in [0.2, 0.25) is 11.1 Å². The average Bonchev–Trinajstić information content (AvgIpc) is 3.39. The Labute approximate surface area is 180 Å². The number of carbonyl (C=O) groups is 1. The van der Waals surface area contributed by atoms with Crippen LogP contribution in [0.5, 0.6) is 0 Å². The van der Waals surface area contributed by atoms with Crippen molar-refractivity contribution in [3.05, 3.63) is 52.3 Å². The minimum Gasteiger partial charge on any atom is -0.376 e. The summed E-state index contributed by atoms with van der Waals surface area (Å²) in [6.07, 6.45) is 3.03. The maximum absolute atomic E-state index is 12.1. The van der Waals surface area contributed by atoms with E-state index in [0.29, 0.717) is 17.5 Å². The quantitative estimate of drug-likeness (QED) is 0.586. The predicted molar refractivity (Wildman–Crippen MR) is 117 cm³/mol. The summed E-state index contributed by atoms with van der Waals surface area (Å²) in [4.78, 5) is 21.3. The molecule has 4 rings (SSSR count). The molecule has 0 bridgehead atoms. The number of hydrogen-bond acceptors (Lipinski definition) is 6. The molecule has 30 heavy (non-hydrogen) atoms. The highest BCUT2D eigenvalue weighted by molar-refractivity contribution is 7.99. The van der Waals surface area contributed by atoms with E-state index in [0.717, 1.165) is 42.8 Å². The smallest absolute Gasteiger partial charge is 0.253 e. The summed E-state index contributed by atoms with van der Waals surface area (Å²) in [7, 11) is 0. The van der Waals surface area contributed by atoms with Gasteiger partial charge in [0.25, 0.3) is 5.78 Å². The van der Waals surface area contributed by atoms with E-state index in [4.69, 9.17) is 4.74 Å². The van der Waals surface area contributed by atoms with Gasteiger partial charge in [0.1, 0.15) is 0 Å². The van der Waals surface area contributed by atoms with Crippen LogP contribution in [0, 0.1) is 20.8 Å². The van der Waals surface area contributed by atoms with Crippen LogP contribution in [0.1, 0.15) is 40.9 Å². The van der Waals surface area contributed by atoms with Crippen molar-refractivity contribution in [2.75, 3.05) is 18.9 Å². The van der Waals surface area contributed by atoms with E-state index in [1.807, 2.05) is 13.8 Å². The molecular weight excluding hydrogens is 398 g/mol. The van der Waals surface area contributed by atoms with Crippen molar-refractivity contribution in [2.24, 2.45) is 0 Å². The summed E-state index contributed by atoms with van der Waals surface area (Å²) < 4.78 is 7.31.